The van der Waals surface area contributed by atoms with Crippen molar-refractivity contribution in [3.63, 3.8) is 0 Å². The molecule has 3 aliphatic heterocycles. The SMILES string of the molecule is C=CCCOC(=O)[C@H]1[C@@H]2SC3(CC2Br)C(C(=O)N(CC=C)c2c(C)cccc2Cl)N([C@@H](CO)C(C)C)C(=O)[C@H]13. The highest BCUT2D eigenvalue weighted by molar-refractivity contribution is 9.09. The molecule has 3 heterocycles. The van der Waals surface area contributed by atoms with Crippen LogP contribution in [0, 0.1) is 24.7 Å². The molecule has 3 aliphatic rings. The highest BCUT2D eigenvalue weighted by Gasteiger charge is 2.76. The monoisotopic (exact) mass is 638 g/mol. The zero-order chi connectivity index (χ0) is 28.6. The van der Waals surface area contributed by atoms with Crippen molar-refractivity contribution < 1.29 is 24.2 Å². The van der Waals surface area contributed by atoms with E-state index in [1.807, 2.05) is 32.9 Å². The Morgan fingerprint density at radius 3 is 2.67 bits per heavy atom. The van der Waals surface area contributed by atoms with E-state index in [1.54, 1.807) is 28.0 Å². The van der Waals surface area contributed by atoms with Crippen molar-refractivity contribution in [3.8, 4) is 0 Å². The second-order valence-corrected chi connectivity index (χ2v) is 13.9. The molecule has 4 rings (SSSR count). The van der Waals surface area contributed by atoms with Gasteiger partial charge in [-0.15, -0.1) is 24.9 Å². The van der Waals surface area contributed by atoms with Gasteiger partial charge in [0, 0.05) is 16.6 Å². The Hall–Kier alpha value is -1.81. The van der Waals surface area contributed by atoms with E-state index in [1.165, 1.54) is 11.8 Å². The number of anilines is 1. The molecule has 1 N–H and O–H groups in total. The van der Waals surface area contributed by atoms with Gasteiger partial charge in [0.1, 0.15) is 6.04 Å². The lowest BCUT2D eigenvalue weighted by molar-refractivity contribution is -0.154. The van der Waals surface area contributed by atoms with Crippen LogP contribution in [0.15, 0.2) is 43.5 Å². The van der Waals surface area contributed by atoms with Crippen molar-refractivity contribution in [2.24, 2.45) is 17.8 Å². The van der Waals surface area contributed by atoms with Crippen LogP contribution in [0.25, 0.3) is 0 Å². The molecule has 1 aromatic rings. The number of ether oxygens (including phenoxy) is 1. The molecule has 7 nitrogen and oxygen atoms in total. The van der Waals surface area contributed by atoms with E-state index in [4.69, 9.17) is 16.3 Å². The average Bonchev–Trinajstić information content (AvgIpc) is 3.47. The summed E-state index contributed by atoms with van der Waals surface area (Å²) in [4.78, 5) is 45.6. The molecule has 2 amide bonds. The van der Waals surface area contributed by atoms with Crippen LogP contribution in [0.4, 0.5) is 5.69 Å². The summed E-state index contributed by atoms with van der Waals surface area (Å²) in [7, 11) is 0. The summed E-state index contributed by atoms with van der Waals surface area (Å²) in [5.41, 5.74) is 1.38. The number of aliphatic hydroxyl groups is 1. The van der Waals surface area contributed by atoms with E-state index in [9.17, 15) is 19.5 Å². The van der Waals surface area contributed by atoms with E-state index in [-0.39, 0.29) is 47.6 Å². The predicted molar refractivity (Wildman–Crippen MR) is 159 cm³/mol. The summed E-state index contributed by atoms with van der Waals surface area (Å²) in [5, 5.41) is 10.7. The molecule has 10 heteroatoms. The minimum Gasteiger partial charge on any atom is -0.465 e. The molecule has 1 aromatic carbocycles. The molecule has 7 atom stereocenters. The Kier molecular flexibility index (Phi) is 9.25. The molecule has 0 aliphatic carbocycles. The lowest BCUT2D eigenvalue weighted by Crippen LogP contribution is -2.59. The number of para-hydroxylation sites is 1. The number of hydrogen-bond acceptors (Lipinski definition) is 6. The van der Waals surface area contributed by atoms with Gasteiger partial charge in [-0.05, 0) is 37.3 Å². The fourth-order valence-electron chi connectivity index (χ4n) is 6.47. The second kappa shape index (κ2) is 12.0. The number of nitrogens with zero attached hydrogens (tertiary/aromatic N) is 2. The maximum atomic E-state index is 14.7. The van der Waals surface area contributed by atoms with Gasteiger partial charge in [-0.2, -0.15) is 0 Å². The Labute approximate surface area is 248 Å². The molecule has 2 bridgehead atoms. The third-order valence-electron chi connectivity index (χ3n) is 8.15. The number of fused-ring (bicyclic) bond motifs is 1. The number of carbonyl (C=O) groups is 3. The van der Waals surface area contributed by atoms with Gasteiger partial charge in [-0.25, -0.2) is 0 Å². The molecule has 3 unspecified atom stereocenters. The fourth-order valence-corrected chi connectivity index (χ4v) is 10.4. The van der Waals surface area contributed by atoms with E-state index < -0.39 is 34.6 Å². The number of aliphatic hydroxyl groups excluding tert-OH is 1. The minimum atomic E-state index is -0.911. The van der Waals surface area contributed by atoms with Crippen LogP contribution in [-0.2, 0) is 19.1 Å². The summed E-state index contributed by atoms with van der Waals surface area (Å²) in [6, 6.07) is 3.93. The summed E-state index contributed by atoms with van der Waals surface area (Å²) < 4.78 is 4.71. The highest BCUT2D eigenvalue weighted by Crippen LogP contribution is 2.68. The largest absolute Gasteiger partial charge is 0.465 e. The molecule has 0 radical (unpaired) electrons. The molecule has 212 valence electrons. The number of carbonyl (C=O) groups excluding carboxylic acids is 3. The number of aryl methyl sites for hydroxylation is 1. The van der Waals surface area contributed by atoms with Gasteiger partial charge in [0.15, 0.2) is 0 Å². The molecule has 39 heavy (non-hydrogen) atoms. The smallest absolute Gasteiger partial charge is 0.310 e. The van der Waals surface area contributed by atoms with E-state index in [2.05, 4.69) is 29.1 Å². The lowest BCUT2D eigenvalue weighted by Gasteiger charge is -2.41. The number of alkyl halides is 1. The molecule has 0 aromatic heterocycles. The Morgan fingerprint density at radius 2 is 2.08 bits per heavy atom. The van der Waals surface area contributed by atoms with Crippen molar-refractivity contribution in [1.29, 1.82) is 0 Å². The van der Waals surface area contributed by atoms with Crippen LogP contribution in [-0.4, -0.2) is 74.5 Å². The van der Waals surface area contributed by atoms with Gasteiger partial charge in [-0.3, -0.25) is 14.4 Å². The van der Waals surface area contributed by atoms with Gasteiger partial charge in [-0.1, -0.05) is 65.7 Å². The fraction of sp³-hybridized carbons (Fsp3) is 0.552. The summed E-state index contributed by atoms with van der Waals surface area (Å²) in [6.45, 7) is 13.3. The van der Waals surface area contributed by atoms with E-state index >= 15 is 0 Å². The van der Waals surface area contributed by atoms with Gasteiger partial charge >= 0.3 is 5.97 Å². The number of thioether (sulfide) groups is 1. The maximum absolute atomic E-state index is 14.7. The first kappa shape index (κ1) is 30.2. The first-order chi connectivity index (χ1) is 18.5. The number of benzene rings is 1. The predicted octanol–water partition coefficient (Wildman–Crippen LogP) is 4.77. The number of amides is 2. The third kappa shape index (κ3) is 4.98. The number of hydrogen-bond donors (Lipinski definition) is 1. The summed E-state index contributed by atoms with van der Waals surface area (Å²) >= 11 is 11.9. The zero-order valence-corrected chi connectivity index (χ0v) is 25.7. The normalized spacial score (nSPS) is 29.9. The Bertz CT molecular complexity index is 1140. The molecule has 3 fully saturated rings. The third-order valence-corrected chi connectivity index (χ3v) is 11.7. The number of esters is 1. The maximum Gasteiger partial charge on any atom is 0.310 e. The standard InChI is InChI=1S/C29H36BrClN2O5S/c1-6-8-13-38-28(37)21-22-26(35)33(20(15-34)16(3)4)25(29(22)14-18(30)24(21)39-29)27(36)32(12-7-2)23-17(5)10-9-11-19(23)31/h6-7,9-11,16,18,20-22,24-25,34H,1-2,8,12-15H2,3-5H3/t18?,20-,21+,22-,24+,25?,29?/m0/s1. The van der Waals surface area contributed by atoms with Gasteiger partial charge < -0.3 is 19.6 Å². The van der Waals surface area contributed by atoms with Crippen molar-refractivity contribution in [2.75, 3.05) is 24.7 Å². The van der Waals surface area contributed by atoms with Crippen LogP contribution >= 0.6 is 39.3 Å². The van der Waals surface area contributed by atoms with Crippen LogP contribution < -0.4 is 4.90 Å². The molecular weight excluding hydrogens is 604 g/mol. The van der Waals surface area contributed by atoms with Crippen molar-refractivity contribution >= 4 is 62.8 Å². The highest BCUT2D eigenvalue weighted by atomic mass is 79.9. The van der Waals surface area contributed by atoms with E-state index in [0.717, 1.165) is 5.56 Å². The average molecular weight is 640 g/mol. The van der Waals surface area contributed by atoms with Crippen molar-refractivity contribution in [2.45, 2.75) is 60.5 Å². The quantitative estimate of drug-likeness (QED) is 0.163. The number of halogens is 2. The van der Waals surface area contributed by atoms with Crippen LogP contribution in [0.2, 0.25) is 5.02 Å². The first-order valence-electron chi connectivity index (χ1n) is 13.3. The van der Waals surface area contributed by atoms with Crippen molar-refractivity contribution in [1.82, 2.24) is 4.90 Å². The number of rotatable bonds is 11. The molecule has 3 saturated heterocycles. The molecule has 0 saturated carbocycles. The minimum absolute atomic E-state index is 0.0831. The van der Waals surface area contributed by atoms with Crippen molar-refractivity contribution in [3.05, 3.63) is 54.1 Å². The van der Waals surface area contributed by atoms with Crippen LogP contribution in [0.1, 0.15) is 32.3 Å². The Morgan fingerprint density at radius 1 is 1.36 bits per heavy atom. The zero-order valence-electron chi connectivity index (χ0n) is 22.5. The van der Waals surface area contributed by atoms with Crippen LogP contribution in [0.5, 0.6) is 0 Å². The van der Waals surface area contributed by atoms with Gasteiger partial charge in [0.2, 0.25) is 5.91 Å². The summed E-state index contributed by atoms with van der Waals surface area (Å²) in [6.07, 6.45) is 4.35. The first-order valence-corrected chi connectivity index (χ1v) is 15.4. The van der Waals surface area contributed by atoms with Gasteiger partial charge in [0.05, 0.1) is 46.5 Å². The van der Waals surface area contributed by atoms with E-state index in [0.29, 0.717) is 23.6 Å². The number of likely N-dealkylation sites (tertiary alicyclic amines) is 1. The van der Waals surface area contributed by atoms with Crippen LogP contribution in [0.3, 0.4) is 0 Å². The molecular formula is C29H36BrClN2O5S. The van der Waals surface area contributed by atoms with Gasteiger partial charge in [0.25, 0.3) is 5.91 Å². The topological polar surface area (TPSA) is 87.2 Å². The molecule has 1 spiro atoms. The second-order valence-electron chi connectivity index (χ2n) is 10.8. The summed E-state index contributed by atoms with van der Waals surface area (Å²) in [5.74, 6) is -2.57. The Balaban J connectivity index is 1.85. The lowest BCUT2D eigenvalue weighted by atomic mass is 9.71.